The summed E-state index contributed by atoms with van der Waals surface area (Å²) in [5.74, 6) is 0. The molecule has 0 bridgehead atoms. The quantitative estimate of drug-likeness (QED) is 0.362. The summed E-state index contributed by atoms with van der Waals surface area (Å²) in [6.07, 6.45) is 0. The number of benzene rings is 4. The van der Waals surface area contributed by atoms with Gasteiger partial charge >= 0.3 is 0 Å². The van der Waals surface area contributed by atoms with Crippen LogP contribution in [-0.2, 0) is 0 Å². The standard InChI is InChI=1S/C27H20NP/c1-4-11-21(12-5-1)25-20-19-22-13-10-18-26(27(22)28-25)29(23-14-6-2-7-15-23)24-16-8-3-9-17-24/h1-20H. The summed E-state index contributed by atoms with van der Waals surface area (Å²) in [4.78, 5) is 5.13. The Bertz CT molecular complexity index is 1200. The van der Waals surface area contributed by atoms with E-state index in [0.717, 1.165) is 16.8 Å². The highest BCUT2D eigenvalue weighted by Crippen LogP contribution is 2.35. The first kappa shape index (κ1) is 17.8. The second kappa shape index (κ2) is 7.99. The predicted molar refractivity (Wildman–Crippen MR) is 126 cm³/mol. The van der Waals surface area contributed by atoms with Crippen LogP contribution in [0.1, 0.15) is 0 Å². The lowest BCUT2D eigenvalue weighted by atomic mass is 10.1. The maximum atomic E-state index is 5.13. The number of para-hydroxylation sites is 1. The van der Waals surface area contributed by atoms with E-state index >= 15 is 0 Å². The van der Waals surface area contributed by atoms with Crippen LogP contribution in [0.3, 0.4) is 0 Å². The smallest absolute Gasteiger partial charge is 0.0792 e. The lowest BCUT2D eigenvalue weighted by Gasteiger charge is -2.21. The molecule has 0 saturated heterocycles. The molecule has 138 valence electrons. The van der Waals surface area contributed by atoms with Crippen LogP contribution >= 0.6 is 7.92 Å². The van der Waals surface area contributed by atoms with Gasteiger partial charge in [-0.25, -0.2) is 4.98 Å². The van der Waals surface area contributed by atoms with Crippen LogP contribution in [-0.4, -0.2) is 4.98 Å². The van der Waals surface area contributed by atoms with Gasteiger partial charge in [0.2, 0.25) is 0 Å². The minimum Gasteiger partial charge on any atom is -0.247 e. The number of rotatable bonds is 4. The average Bonchev–Trinajstić information content (AvgIpc) is 2.81. The topological polar surface area (TPSA) is 12.9 Å². The van der Waals surface area contributed by atoms with Crippen LogP contribution in [0.2, 0.25) is 0 Å². The Hall–Kier alpha value is -3.28. The van der Waals surface area contributed by atoms with Crippen LogP contribution in [0.4, 0.5) is 0 Å². The highest BCUT2D eigenvalue weighted by Gasteiger charge is 2.19. The number of hydrogen-bond acceptors (Lipinski definition) is 1. The maximum absolute atomic E-state index is 5.13. The molecule has 0 aliphatic heterocycles. The van der Waals surface area contributed by atoms with Gasteiger partial charge in [-0.3, -0.25) is 0 Å². The minimum atomic E-state index is -0.690. The third-order valence-electron chi connectivity index (χ3n) is 5.04. The van der Waals surface area contributed by atoms with Gasteiger partial charge in [-0.1, -0.05) is 115 Å². The SMILES string of the molecule is c1ccc(-c2ccc3cccc(P(c4ccccc4)c4ccccc4)c3n2)cc1. The molecule has 0 fully saturated rings. The maximum Gasteiger partial charge on any atom is 0.0792 e. The van der Waals surface area contributed by atoms with Crippen molar-refractivity contribution in [1.29, 1.82) is 0 Å². The number of hydrogen-bond donors (Lipinski definition) is 0. The molecule has 0 radical (unpaired) electrons. The Morgan fingerprint density at radius 2 is 1.07 bits per heavy atom. The van der Waals surface area contributed by atoms with Crippen LogP contribution in [0.5, 0.6) is 0 Å². The summed E-state index contributed by atoms with van der Waals surface area (Å²) < 4.78 is 0. The zero-order valence-corrected chi connectivity index (χ0v) is 16.8. The van der Waals surface area contributed by atoms with E-state index in [-0.39, 0.29) is 0 Å². The molecule has 4 aromatic carbocycles. The molecule has 1 aromatic heterocycles. The van der Waals surface area contributed by atoms with E-state index in [9.17, 15) is 0 Å². The Balaban J connectivity index is 1.75. The zero-order valence-electron chi connectivity index (χ0n) is 15.9. The van der Waals surface area contributed by atoms with Crippen molar-refractivity contribution >= 4 is 34.7 Å². The van der Waals surface area contributed by atoms with E-state index in [0.29, 0.717) is 0 Å². The lowest BCUT2D eigenvalue weighted by Crippen LogP contribution is -2.21. The van der Waals surface area contributed by atoms with Crippen molar-refractivity contribution in [2.75, 3.05) is 0 Å². The van der Waals surface area contributed by atoms with Gasteiger partial charge in [0.1, 0.15) is 0 Å². The summed E-state index contributed by atoms with van der Waals surface area (Å²) in [6.45, 7) is 0. The summed E-state index contributed by atoms with van der Waals surface area (Å²) in [7, 11) is -0.690. The van der Waals surface area contributed by atoms with E-state index in [4.69, 9.17) is 4.98 Å². The first-order valence-electron chi connectivity index (χ1n) is 9.75. The molecule has 1 heterocycles. The second-order valence-corrected chi connectivity index (χ2v) is 9.10. The molecule has 0 unspecified atom stereocenters. The van der Waals surface area contributed by atoms with E-state index in [2.05, 4.69) is 115 Å². The van der Waals surface area contributed by atoms with Gasteiger partial charge in [-0.2, -0.15) is 0 Å². The molecule has 0 spiro atoms. The van der Waals surface area contributed by atoms with Crippen molar-refractivity contribution in [1.82, 2.24) is 4.98 Å². The van der Waals surface area contributed by atoms with Crippen molar-refractivity contribution in [3.05, 3.63) is 121 Å². The van der Waals surface area contributed by atoms with E-state index in [1.807, 2.05) is 6.07 Å². The van der Waals surface area contributed by atoms with Gasteiger partial charge in [-0.05, 0) is 24.6 Å². The Morgan fingerprint density at radius 3 is 1.69 bits per heavy atom. The van der Waals surface area contributed by atoms with Crippen molar-refractivity contribution in [2.24, 2.45) is 0 Å². The fourth-order valence-corrected chi connectivity index (χ4v) is 6.08. The first-order valence-corrected chi connectivity index (χ1v) is 11.1. The number of aromatic nitrogens is 1. The minimum absolute atomic E-state index is 0.690. The molecule has 0 aliphatic carbocycles. The molecule has 29 heavy (non-hydrogen) atoms. The van der Waals surface area contributed by atoms with Crippen LogP contribution < -0.4 is 15.9 Å². The largest absolute Gasteiger partial charge is 0.247 e. The summed E-state index contributed by atoms with van der Waals surface area (Å²) in [6, 6.07) is 42.9. The molecule has 2 heteroatoms. The third-order valence-corrected chi connectivity index (χ3v) is 7.51. The Kier molecular flexibility index (Phi) is 4.90. The van der Waals surface area contributed by atoms with Crippen molar-refractivity contribution in [3.8, 4) is 11.3 Å². The van der Waals surface area contributed by atoms with E-state index in [1.165, 1.54) is 21.3 Å². The highest BCUT2D eigenvalue weighted by molar-refractivity contribution is 7.80. The molecule has 1 nitrogen and oxygen atoms in total. The van der Waals surface area contributed by atoms with Crippen LogP contribution in [0.15, 0.2) is 121 Å². The van der Waals surface area contributed by atoms with Crippen molar-refractivity contribution in [2.45, 2.75) is 0 Å². The van der Waals surface area contributed by atoms with Gasteiger partial charge in [0.25, 0.3) is 0 Å². The third kappa shape index (κ3) is 3.58. The van der Waals surface area contributed by atoms with E-state index < -0.39 is 7.92 Å². The Morgan fingerprint density at radius 1 is 0.483 bits per heavy atom. The predicted octanol–water partition coefficient (Wildman–Crippen LogP) is 5.66. The van der Waals surface area contributed by atoms with E-state index in [1.54, 1.807) is 0 Å². The summed E-state index contributed by atoms with van der Waals surface area (Å²) in [5.41, 5.74) is 3.25. The molecule has 5 aromatic rings. The van der Waals surface area contributed by atoms with Gasteiger partial charge in [0.15, 0.2) is 0 Å². The molecule has 0 atom stereocenters. The Labute approximate surface area is 172 Å². The number of fused-ring (bicyclic) bond motifs is 1. The number of nitrogens with zero attached hydrogens (tertiary/aromatic N) is 1. The van der Waals surface area contributed by atoms with Gasteiger partial charge < -0.3 is 0 Å². The molecule has 5 rings (SSSR count). The second-order valence-electron chi connectivity index (χ2n) is 6.92. The molecular weight excluding hydrogens is 369 g/mol. The molecule has 0 N–H and O–H groups in total. The van der Waals surface area contributed by atoms with Crippen molar-refractivity contribution < 1.29 is 0 Å². The lowest BCUT2D eigenvalue weighted by molar-refractivity contribution is 1.41. The van der Waals surface area contributed by atoms with Gasteiger partial charge in [-0.15, -0.1) is 0 Å². The van der Waals surface area contributed by atoms with Crippen LogP contribution in [0, 0.1) is 0 Å². The highest BCUT2D eigenvalue weighted by atomic mass is 31.1. The molecule has 0 saturated carbocycles. The van der Waals surface area contributed by atoms with Crippen LogP contribution in [0.25, 0.3) is 22.2 Å². The molecule has 0 aliphatic rings. The fraction of sp³-hybridized carbons (Fsp3) is 0. The summed E-state index contributed by atoms with van der Waals surface area (Å²) >= 11 is 0. The summed E-state index contributed by atoms with van der Waals surface area (Å²) in [5, 5.41) is 5.16. The van der Waals surface area contributed by atoms with Crippen molar-refractivity contribution in [3.63, 3.8) is 0 Å². The normalized spacial score (nSPS) is 11.1. The monoisotopic (exact) mass is 389 g/mol. The zero-order chi connectivity index (χ0) is 19.5. The average molecular weight is 389 g/mol. The molecular formula is C27H20NP. The first-order chi connectivity index (χ1) is 14.4. The molecule has 0 amide bonds. The number of pyridine rings is 1. The fourth-order valence-electron chi connectivity index (χ4n) is 3.66. The van der Waals surface area contributed by atoms with Gasteiger partial charge in [0.05, 0.1) is 11.2 Å². The van der Waals surface area contributed by atoms with Gasteiger partial charge in [0, 0.05) is 16.3 Å².